The number of benzene rings is 4. The van der Waals surface area contributed by atoms with Crippen LogP contribution in [-0.4, -0.2) is 29.3 Å². The third-order valence-corrected chi connectivity index (χ3v) is 7.59. The van der Waals surface area contributed by atoms with Crippen molar-refractivity contribution < 1.29 is 23.4 Å². The molecule has 214 valence electrons. The van der Waals surface area contributed by atoms with Crippen molar-refractivity contribution in [3.8, 4) is 34.6 Å². The highest BCUT2D eigenvalue weighted by Crippen LogP contribution is 2.36. The van der Waals surface area contributed by atoms with Gasteiger partial charge in [0.15, 0.2) is 28.8 Å². The van der Waals surface area contributed by atoms with Gasteiger partial charge in [0.2, 0.25) is 12.6 Å². The van der Waals surface area contributed by atoms with Gasteiger partial charge in [0.25, 0.3) is 5.56 Å². The molecule has 0 saturated carbocycles. The Balaban J connectivity index is 1.25. The van der Waals surface area contributed by atoms with E-state index in [1.807, 2.05) is 73.7 Å². The van der Waals surface area contributed by atoms with Gasteiger partial charge in [-0.3, -0.25) is 4.79 Å². The molecule has 0 atom stereocenters. The number of para-hydroxylation sites is 2. The highest BCUT2D eigenvalue weighted by Gasteiger charge is 2.18. The number of ether oxygens (including phenoxy) is 4. The van der Waals surface area contributed by atoms with Crippen molar-refractivity contribution in [1.82, 2.24) is 9.66 Å². The molecule has 7 rings (SSSR count). The molecule has 4 aromatic carbocycles. The molecule has 0 N–H and O–H groups in total. The highest BCUT2D eigenvalue weighted by molar-refractivity contribution is 9.10. The average Bonchev–Trinajstić information content (AvgIpc) is 3.68. The monoisotopic (exact) mass is 637 g/mol. The zero-order valence-corrected chi connectivity index (χ0v) is 24.5. The minimum Gasteiger partial charge on any atom is -0.490 e. The summed E-state index contributed by atoms with van der Waals surface area (Å²) in [5.41, 5.74) is 2.53. The van der Waals surface area contributed by atoms with Gasteiger partial charge in [0, 0.05) is 15.4 Å². The molecule has 6 aromatic rings. The van der Waals surface area contributed by atoms with Crippen LogP contribution in [0.2, 0.25) is 0 Å². The summed E-state index contributed by atoms with van der Waals surface area (Å²) >= 11 is 3.63. The standard InChI is InChI=1S/C33H24BrN3O6/c1-2-39-29-15-22(24(34)16-30(29)40-18-20-11-12-27-28(13-20)42-19-41-27)17-35-37-32(31-14-21-7-3-6-10-26(21)43-31)36-25-9-5-4-8-23(25)33(37)38/h3-17H,2,18-19H2,1H3. The zero-order chi connectivity index (χ0) is 29.3. The molecule has 0 radical (unpaired) electrons. The Labute approximate surface area is 254 Å². The molecule has 3 heterocycles. The smallest absolute Gasteiger partial charge is 0.282 e. The number of hydrogen-bond acceptors (Lipinski definition) is 8. The lowest BCUT2D eigenvalue weighted by atomic mass is 10.2. The van der Waals surface area contributed by atoms with Crippen LogP contribution in [0, 0.1) is 0 Å². The molecular formula is C33H24BrN3O6. The van der Waals surface area contributed by atoms with Crippen molar-refractivity contribution in [3.05, 3.63) is 111 Å². The number of furan rings is 1. The fraction of sp³-hybridized carbons (Fsp3) is 0.121. The Morgan fingerprint density at radius 3 is 2.65 bits per heavy atom. The average molecular weight is 638 g/mol. The number of halogens is 1. The zero-order valence-electron chi connectivity index (χ0n) is 23.0. The van der Waals surface area contributed by atoms with Crippen LogP contribution in [0.25, 0.3) is 33.5 Å². The summed E-state index contributed by atoms with van der Waals surface area (Å²) in [6.45, 7) is 2.85. The van der Waals surface area contributed by atoms with E-state index < -0.39 is 0 Å². The third kappa shape index (κ3) is 5.21. The minimum absolute atomic E-state index is 0.214. The predicted octanol–water partition coefficient (Wildman–Crippen LogP) is 7.16. The van der Waals surface area contributed by atoms with Gasteiger partial charge in [-0.05, 0) is 76.9 Å². The molecule has 43 heavy (non-hydrogen) atoms. The van der Waals surface area contributed by atoms with Crippen molar-refractivity contribution in [1.29, 1.82) is 0 Å². The van der Waals surface area contributed by atoms with Crippen molar-refractivity contribution >= 4 is 44.0 Å². The predicted molar refractivity (Wildman–Crippen MR) is 166 cm³/mol. The number of rotatable bonds is 8. The molecule has 0 unspecified atom stereocenters. The second-order valence-electron chi connectivity index (χ2n) is 9.69. The van der Waals surface area contributed by atoms with Crippen LogP contribution in [0.5, 0.6) is 23.0 Å². The van der Waals surface area contributed by atoms with E-state index in [4.69, 9.17) is 28.3 Å². The van der Waals surface area contributed by atoms with E-state index in [1.165, 1.54) is 4.68 Å². The van der Waals surface area contributed by atoms with Crippen molar-refractivity contribution in [3.63, 3.8) is 0 Å². The molecule has 1 aliphatic heterocycles. The van der Waals surface area contributed by atoms with E-state index in [1.54, 1.807) is 24.4 Å². The molecule has 9 nitrogen and oxygen atoms in total. The Kier molecular flexibility index (Phi) is 7.04. The van der Waals surface area contributed by atoms with E-state index >= 15 is 0 Å². The normalized spacial score (nSPS) is 12.4. The van der Waals surface area contributed by atoms with Crippen LogP contribution < -0.4 is 24.5 Å². The van der Waals surface area contributed by atoms with Crippen molar-refractivity contribution in [2.24, 2.45) is 5.10 Å². The number of nitrogens with zero attached hydrogens (tertiary/aromatic N) is 3. The van der Waals surface area contributed by atoms with Gasteiger partial charge in [-0.25, -0.2) is 4.98 Å². The molecule has 0 spiro atoms. The fourth-order valence-electron chi connectivity index (χ4n) is 4.83. The minimum atomic E-state index is -0.317. The molecule has 0 amide bonds. The topological polar surface area (TPSA) is 97.3 Å². The lowest BCUT2D eigenvalue weighted by molar-refractivity contribution is 0.174. The van der Waals surface area contributed by atoms with Gasteiger partial charge in [0.1, 0.15) is 12.2 Å². The van der Waals surface area contributed by atoms with Crippen molar-refractivity contribution in [2.75, 3.05) is 13.4 Å². The summed E-state index contributed by atoms with van der Waals surface area (Å²) in [5, 5.41) is 5.94. The fourth-order valence-corrected chi connectivity index (χ4v) is 5.25. The largest absolute Gasteiger partial charge is 0.490 e. The van der Waals surface area contributed by atoms with Crippen LogP contribution in [0.1, 0.15) is 18.1 Å². The number of fused-ring (bicyclic) bond motifs is 3. The van der Waals surface area contributed by atoms with Crippen LogP contribution in [0.15, 0.2) is 104 Å². The highest BCUT2D eigenvalue weighted by atomic mass is 79.9. The molecular weight excluding hydrogens is 614 g/mol. The number of hydrogen-bond donors (Lipinski definition) is 0. The van der Waals surface area contributed by atoms with Gasteiger partial charge >= 0.3 is 0 Å². The third-order valence-electron chi connectivity index (χ3n) is 6.91. The van der Waals surface area contributed by atoms with E-state index in [0.29, 0.717) is 74.3 Å². The lowest BCUT2D eigenvalue weighted by Gasteiger charge is -2.14. The first kappa shape index (κ1) is 26.8. The summed E-state index contributed by atoms with van der Waals surface area (Å²) in [6.07, 6.45) is 1.58. The molecule has 0 bridgehead atoms. The van der Waals surface area contributed by atoms with E-state index in [0.717, 1.165) is 10.9 Å². The summed E-state index contributed by atoms with van der Waals surface area (Å²) < 4.78 is 30.9. The molecule has 10 heteroatoms. The van der Waals surface area contributed by atoms with E-state index in [9.17, 15) is 4.79 Å². The second-order valence-corrected chi connectivity index (χ2v) is 10.5. The summed E-state index contributed by atoms with van der Waals surface area (Å²) in [4.78, 5) is 18.4. The molecule has 0 aliphatic carbocycles. The molecule has 2 aromatic heterocycles. The molecule has 1 aliphatic rings. The van der Waals surface area contributed by atoms with Gasteiger partial charge in [0.05, 0.1) is 23.7 Å². The van der Waals surface area contributed by atoms with Gasteiger partial charge in [-0.1, -0.05) is 36.4 Å². The Bertz CT molecular complexity index is 2050. The molecule has 0 saturated heterocycles. The number of aromatic nitrogens is 2. The maximum atomic E-state index is 13.7. The van der Waals surface area contributed by atoms with Crippen LogP contribution in [-0.2, 0) is 6.61 Å². The maximum absolute atomic E-state index is 13.7. The van der Waals surface area contributed by atoms with Crippen LogP contribution in [0.4, 0.5) is 0 Å². The van der Waals surface area contributed by atoms with Gasteiger partial charge < -0.3 is 23.4 Å². The summed E-state index contributed by atoms with van der Waals surface area (Å²) in [5.74, 6) is 3.22. The van der Waals surface area contributed by atoms with Crippen LogP contribution in [0.3, 0.4) is 0 Å². The first-order valence-corrected chi connectivity index (χ1v) is 14.4. The Morgan fingerprint density at radius 1 is 0.953 bits per heavy atom. The van der Waals surface area contributed by atoms with Gasteiger partial charge in [-0.15, -0.1) is 0 Å². The molecule has 0 fully saturated rings. The lowest BCUT2D eigenvalue weighted by Crippen LogP contribution is -2.20. The summed E-state index contributed by atoms with van der Waals surface area (Å²) in [7, 11) is 0. The Hall–Kier alpha value is -5.09. The van der Waals surface area contributed by atoms with Crippen LogP contribution >= 0.6 is 15.9 Å². The first-order chi connectivity index (χ1) is 21.1. The van der Waals surface area contributed by atoms with Crippen molar-refractivity contribution in [2.45, 2.75) is 13.5 Å². The quantitative estimate of drug-likeness (QED) is 0.163. The maximum Gasteiger partial charge on any atom is 0.282 e. The van der Waals surface area contributed by atoms with E-state index in [2.05, 4.69) is 21.0 Å². The Morgan fingerprint density at radius 2 is 1.77 bits per heavy atom. The summed E-state index contributed by atoms with van der Waals surface area (Å²) in [6, 6.07) is 26.0. The second kappa shape index (κ2) is 11.3. The van der Waals surface area contributed by atoms with Gasteiger partial charge in [-0.2, -0.15) is 9.78 Å². The first-order valence-electron chi connectivity index (χ1n) is 13.6. The van der Waals surface area contributed by atoms with E-state index in [-0.39, 0.29) is 12.4 Å². The SMILES string of the molecule is CCOc1cc(C=Nn2c(-c3cc4ccccc4o3)nc3ccccc3c2=O)c(Br)cc1OCc1ccc2c(c1)OCO2.